The summed E-state index contributed by atoms with van der Waals surface area (Å²) in [6.45, 7) is 4.85. The monoisotopic (exact) mass is 437 g/mol. The first-order chi connectivity index (χ1) is 16.3. The molecular weight excluding hydrogens is 410 g/mol. The second kappa shape index (κ2) is 9.79. The highest BCUT2D eigenvalue weighted by atomic mass is 16.2. The lowest BCUT2D eigenvalue weighted by atomic mass is 9.97. The van der Waals surface area contributed by atoms with Crippen LogP contribution in [0.15, 0.2) is 91.5 Å². The lowest BCUT2D eigenvalue weighted by molar-refractivity contribution is 0.0629. The number of carbonyl (C=O) groups excluding carboxylic acids is 1. The van der Waals surface area contributed by atoms with Crippen molar-refractivity contribution in [2.45, 2.75) is 13.1 Å². The molecular formula is C27H27N5O. The van der Waals surface area contributed by atoms with E-state index in [1.165, 1.54) is 11.1 Å². The number of hydrogen-bond donors (Lipinski definition) is 0. The van der Waals surface area contributed by atoms with Crippen LogP contribution >= 0.6 is 0 Å². The number of pyridine rings is 1. The molecule has 1 aliphatic heterocycles. The largest absolute Gasteiger partial charge is 0.336 e. The number of piperazine rings is 1. The highest BCUT2D eigenvalue weighted by Gasteiger charge is 2.24. The molecule has 1 amide bonds. The molecule has 1 aliphatic rings. The maximum absolute atomic E-state index is 13.4. The molecule has 2 aromatic heterocycles. The molecule has 1 saturated heterocycles. The third kappa shape index (κ3) is 5.02. The zero-order valence-electron chi connectivity index (χ0n) is 18.5. The van der Waals surface area contributed by atoms with Crippen LogP contribution in [0.5, 0.6) is 0 Å². The quantitative estimate of drug-likeness (QED) is 0.458. The summed E-state index contributed by atoms with van der Waals surface area (Å²) in [4.78, 5) is 21.9. The Balaban J connectivity index is 1.26. The van der Waals surface area contributed by atoms with Crippen LogP contribution in [-0.4, -0.2) is 56.7 Å². The number of benzene rings is 2. The summed E-state index contributed by atoms with van der Waals surface area (Å²) in [6, 6.07) is 22.4. The van der Waals surface area contributed by atoms with E-state index in [2.05, 4.69) is 39.2 Å². The van der Waals surface area contributed by atoms with E-state index in [1.807, 2.05) is 70.6 Å². The van der Waals surface area contributed by atoms with Gasteiger partial charge in [-0.25, -0.2) is 0 Å². The van der Waals surface area contributed by atoms with Crippen LogP contribution < -0.4 is 0 Å². The number of hydrogen-bond acceptors (Lipinski definition) is 4. The predicted molar refractivity (Wildman–Crippen MR) is 129 cm³/mol. The number of rotatable bonds is 6. The van der Waals surface area contributed by atoms with Crippen LogP contribution in [0.2, 0.25) is 0 Å². The first-order valence-electron chi connectivity index (χ1n) is 11.3. The summed E-state index contributed by atoms with van der Waals surface area (Å²) in [6.07, 6.45) is 7.40. The minimum absolute atomic E-state index is 0.106. The van der Waals surface area contributed by atoms with Crippen molar-refractivity contribution in [1.82, 2.24) is 24.6 Å². The van der Waals surface area contributed by atoms with Crippen LogP contribution in [0.3, 0.4) is 0 Å². The van der Waals surface area contributed by atoms with Crippen LogP contribution in [0, 0.1) is 0 Å². The van der Waals surface area contributed by atoms with E-state index in [9.17, 15) is 4.79 Å². The van der Waals surface area contributed by atoms with E-state index in [0.29, 0.717) is 0 Å². The van der Waals surface area contributed by atoms with Gasteiger partial charge in [-0.15, -0.1) is 0 Å². The molecule has 1 fully saturated rings. The van der Waals surface area contributed by atoms with Crippen molar-refractivity contribution in [3.05, 3.63) is 108 Å². The molecule has 0 radical (unpaired) electrons. The Hall–Kier alpha value is -3.77. The molecule has 2 aromatic carbocycles. The molecule has 0 saturated carbocycles. The first kappa shape index (κ1) is 21.1. The molecule has 4 aromatic rings. The van der Waals surface area contributed by atoms with Crippen LogP contribution in [0.25, 0.3) is 11.1 Å². The summed E-state index contributed by atoms with van der Waals surface area (Å²) < 4.78 is 1.90. The molecule has 0 unspecified atom stereocenters. The van der Waals surface area contributed by atoms with Crippen molar-refractivity contribution in [3.63, 3.8) is 0 Å². The van der Waals surface area contributed by atoms with Crippen molar-refractivity contribution in [1.29, 1.82) is 0 Å². The molecule has 0 aliphatic carbocycles. The molecule has 0 spiro atoms. The van der Waals surface area contributed by atoms with Gasteiger partial charge in [0.1, 0.15) is 0 Å². The van der Waals surface area contributed by atoms with Gasteiger partial charge in [0.15, 0.2) is 0 Å². The van der Waals surface area contributed by atoms with Crippen molar-refractivity contribution >= 4 is 5.91 Å². The summed E-state index contributed by atoms with van der Waals surface area (Å²) in [7, 11) is 0. The Morgan fingerprint density at radius 1 is 0.758 bits per heavy atom. The highest BCUT2D eigenvalue weighted by molar-refractivity contribution is 6.01. The standard InChI is InChI=1S/C27H27N5O/c33-27(31-18-16-30(17-19-31)20-23-10-13-28-14-11-23)26-5-2-1-4-25(26)24-8-6-22(7-9-24)21-32-15-3-12-29-32/h1-15H,16-21H2. The lowest BCUT2D eigenvalue weighted by Crippen LogP contribution is -2.48. The fourth-order valence-corrected chi connectivity index (χ4v) is 4.32. The second-order valence-corrected chi connectivity index (χ2v) is 8.37. The SMILES string of the molecule is O=C(c1ccccc1-c1ccc(Cn2cccn2)cc1)N1CCN(Cc2ccncc2)CC1. The Kier molecular flexibility index (Phi) is 6.26. The van der Waals surface area contributed by atoms with Crippen molar-refractivity contribution in [2.24, 2.45) is 0 Å². The predicted octanol–water partition coefficient (Wildman–Crippen LogP) is 3.95. The maximum Gasteiger partial charge on any atom is 0.254 e. The van der Waals surface area contributed by atoms with Crippen molar-refractivity contribution in [2.75, 3.05) is 26.2 Å². The zero-order chi connectivity index (χ0) is 22.5. The van der Waals surface area contributed by atoms with Crippen LogP contribution in [0.4, 0.5) is 0 Å². The normalized spacial score (nSPS) is 14.4. The summed E-state index contributed by atoms with van der Waals surface area (Å²) in [5, 5.41) is 4.27. The second-order valence-electron chi connectivity index (χ2n) is 8.37. The third-order valence-electron chi connectivity index (χ3n) is 6.14. The van der Waals surface area contributed by atoms with Gasteiger partial charge in [0.05, 0.1) is 6.54 Å². The molecule has 6 heteroatoms. The topological polar surface area (TPSA) is 54.3 Å². The fraction of sp³-hybridized carbons (Fsp3) is 0.222. The van der Waals surface area contributed by atoms with E-state index < -0.39 is 0 Å². The van der Waals surface area contributed by atoms with E-state index in [-0.39, 0.29) is 5.91 Å². The van der Waals surface area contributed by atoms with Gasteiger partial charge in [0.2, 0.25) is 0 Å². The number of aromatic nitrogens is 3. The summed E-state index contributed by atoms with van der Waals surface area (Å²) >= 11 is 0. The van der Waals surface area contributed by atoms with Crippen LogP contribution in [-0.2, 0) is 13.1 Å². The van der Waals surface area contributed by atoms with E-state index in [0.717, 1.165) is 56.0 Å². The molecule has 33 heavy (non-hydrogen) atoms. The maximum atomic E-state index is 13.4. The van der Waals surface area contributed by atoms with Gasteiger partial charge in [-0.1, -0.05) is 42.5 Å². The Morgan fingerprint density at radius 2 is 1.48 bits per heavy atom. The van der Waals surface area contributed by atoms with Crippen molar-refractivity contribution in [3.8, 4) is 11.1 Å². The number of amides is 1. The zero-order valence-corrected chi connectivity index (χ0v) is 18.5. The molecule has 0 N–H and O–H groups in total. The van der Waals surface area contributed by atoms with Gasteiger partial charge in [0, 0.05) is 63.1 Å². The Labute approximate surface area is 194 Å². The van der Waals surface area contributed by atoms with Gasteiger partial charge in [-0.3, -0.25) is 19.4 Å². The number of nitrogens with zero attached hydrogens (tertiary/aromatic N) is 5. The van der Waals surface area contributed by atoms with Crippen molar-refractivity contribution < 1.29 is 4.79 Å². The average molecular weight is 438 g/mol. The molecule has 0 atom stereocenters. The van der Waals surface area contributed by atoms with E-state index in [1.54, 1.807) is 6.20 Å². The minimum atomic E-state index is 0.106. The first-order valence-corrected chi connectivity index (χ1v) is 11.3. The fourth-order valence-electron chi connectivity index (χ4n) is 4.32. The van der Waals surface area contributed by atoms with Gasteiger partial charge < -0.3 is 4.90 Å². The van der Waals surface area contributed by atoms with Gasteiger partial charge in [-0.05, 0) is 46.5 Å². The highest BCUT2D eigenvalue weighted by Crippen LogP contribution is 2.26. The molecule has 166 valence electrons. The molecule has 6 nitrogen and oxygen atoms in total. The molecule has 5 rings (SSSR count). The minimum Gasteiger partial charge on any atom is -0.336 e. The van der Waals surface area contributed by atoms with Gasteiger partial charge in [0.25, 0.3) is 5.91 Å². The van der Waals surface area contributed by atoms with Crippen LogP contribution in [0.1, 0.15) is 21.5 Å². The number of carbonyl (C=O) groups is 1. The Morgan fingerprint density at radius 3 is 2.21 bits per heavy atom. The molecule has 3 heterocycles. The van der Waals surface area contributed by atoms with E-state index in [4.69, 9.17) is 0 Å². The summed E-state index contributed by atoms with van der Waals surface area (Å²) in [5.41, 5.74) is 5.23. The van der Waals surface area contributed by atoms with Gasteiger partial charge in [-0.2, -0.15) is 5.10 Å². The summed E-state index contributed by atoms with van der Waals surface area (Å²) in [5.74, 6) is 0.106. The average Bonchev–Trinajstić information content (AvgIpc) is 3.38. The smallest absolute Gasteiger partial charge is 0.254 e. The Bertz CT molecular complexity index is 1180. The van der Waals surface area contributed by atoms with E-state index >= 15 is 0 Å². The van der Waals surface area contributed by atoms with Gasteiger partial charge >= 0.3 is 0 Å². The lowest BCUT2D eigenvalue weighted by Gasteiger charge is -2.35. The third-order valence-corrected chi connectivity index (χ3v) is 6.14. The molecule has 0 bridgehead atoms.